The highest BCUT2D eigenvalue weighted by atomic mass is 32.1. The Hall–Kier alpha value is -2.60. The van der Waals surface area contributed by atoms with Crippen molar-refractivity contribution < 1.29 is 13.5 Å². The summed E-state index contributed by atoms with van der Waals surface area (Å²) in [5.74, 6) is -1.19. The summed E-state index contributed by atoms with van der Waals surface area (Å²) < 4.78 is 33.9. The van der Waals surface area contributed by atoms with Crippen LogP contribution in [0.4, 0.5) is 8.78 Å². The molecule has 0 aliphatic rings. The van der Waals surface area contributed by atoms with Crippen molar-refractivity contribution in [2.75, 3.05) is 0 Å². The van der Waals surface area contributed by atoms with E-state index in [9.17, 15) is 13.6 Å². The van der Waals surface area contributed by atoms with Gasteiger partial charge in [-0.25, -0.2) is 8.78 Å². The third kappa shape index (κ3) is 3.33. The third-order valence-corrected chi connectivity index (χ3v) is 3.75. The minimum Gasteiger partial charge on any atom is -0.454 e. The van der Waals surface area contributed by atoms with Gasteiger partial charge in [-0.1, -0.05) is 0 Å². The van der Waals surface area contributed by atoms with E-state index < -0.39 is 11.6 Å². The number of hydrogen-bond acceptors (Lipinski definition) is 3. The standard InChI is InChI=1S/C18H13F2NO2S/c1-21-10-11(2-7-18(21)22)14-9-13(24)4-6-16(14)23-17-5-3-12(19)8-15(17)20/h2-10,24H,1H3. The van der Waals surface area contributed by atoms with E-state index >= 15 is 0 Å². The molecule has 0 atom stereocenters. The Labute approximate surface area is 142 Å². The Morgan fingerprint density at radius 1 is 1.00 bits per heavy atom. The van der Waals surface area contributed by atoms with Crippen LogP contribution in [0.3, 0.4) is 0 Å². The van der Waals surface area contributed by atoms with E-state index in [-0.39, 0.29) is 11.3 Å². The number of aryl methyl sites for hydroxylation is 1. The van der Waals surface area contributed by atoms with Crippen LogP contribution in [-0.2, 0) is 7.05 Å². The van der Waals surface area contributed by atoms with Crippen molar-refractivity contribution in [3.8, 4) is 22.6 Å². The van der Waals surface area contributed by atoms with Crippen LogP contribution in [0.2, 0.25) is 0 Å². The van der Waals surface area contributed by atoms with Gasteiger partial charge < -0.3 is 9.30 Å². The zero-order chi connectivity index (χ0) is 17.3. The summed E-state index contributed by atoms with van der Waals surface area (Å²) in [5, 5.41) is 0. The number of benzene rings is 2. The van der Waals surface area contributed by atoms with Crippen molar-refractivity contribution in [1.82, 2.24) is 4.57 Å². The second-order valence-corrected chi connectivity index (χ2v) is 5.74. The predicted octanol–water partition coefficient (Wildman–Crippen LogP) is 4.41. The molecule has 0 bridgehead atoms. The molecule has 3 rings (SSSR count). The van der Waals surface area contributed by atoms with Crippen LogP contribution in [0, 0.1) is 11.6 Å². The second-order valence-electron chi connectivity index (χ2n) is 5.22. The van der Waals surface area contributed by atoms with Crippen molar-refractivity contribution >= 4 is 12.6 Å². The van der Waals surface area contributed by atoms with E-state index in [0.717, 1.165) is 12.1 Å². The molecule has 1 heterocycles. The maximum absolute atomic E-state index is 13.8. The molecule has 0 amide bonds. The van der Waals surface area contributed by atoms with Crippen LogP contribution in [0.1, 0.15) is 0 Å². The van der Waals surface area contributed by atoms with Gasteiger partial charge >= 0.3 is 0 Å². The number of hydrogen-bond donors (Lipinski definition) is 1. The van der Waals surface area contributed by atoms with Crippen LogP contribution in [-0.4, -0.2) is 4.57 Å². The van der Waals surface area contributed by atoms with Crippen molar-refractivity contribution in [1.29, 1.82) is 0 Å². The van der Waals surface area contributed by atoms with Crippen LogP contribution in [0.25, 0.3) is 11.1 Å². The van der Waals surface area contributed by atoms with E-state index in [0.29, 0.717) is 21.8 Å². The lowest BCUT2D eigenvalue weighted by atomic mass is 10.1. The van der Waals surface area contributed by atoms with Gasteiger partial charge in [-0.05, 0) is 36.4 Å². The molecule has 0 radical (unpaired) electrons. The van der Waals surface area contributed by atoms with Gasteiger partial charge in [0.2, 0.25) is 5.56 Å². The summed E-state index contributed by atoms with van der Waals surface area (Å²) in [6.07, 6.45) is 1.65. The Morgan fingerprint density at radius 3 is 2.46 bits per heavy atom. The normalized spacial score (nSPS) is 10.7. The van der Waals surface area contributed by atoms with E-state index in [1.165, 1.54) is 16.7 Å². The fraction of sp³-hybridized carbons (Fsp3) is 0.0556. The molecule has 3 aromatic rings. The molecule has 0 fully saturated rings. The summed E-state index contributed by atoms with van der Waals surface area (Å²) in [4.78, 5) is 12.2. The molecule has 0 saturated heterocycles. The first-order valence-electron chi connectivity index (χ1n) is 7.07. The number of rotatable bonds is 3. The number of aromatic nitrogens is 1. The van der Waals surface area contributed by atoms with E-state index in [2.05, 4.69) is 12.6 Å². The van der Waals surface area contributed by atoms with Crippen molar-refractivity contribution in [3.63, 3.8) is 0 Å². The molecular weight excluding hydrogens is 332 g/mol. The maximum Gasteiger partial charge on any atom is 0.250 e. The molecule has 2 aromatic carbocycles. The number of thiol groups is 1. The van der Waals surface area contributed by atoms with Gasteiger partial charge in [0.25, 0.3) is 0 Å². The lowest BCUT2D eigenvalue weighted by Gasteiger charge is -2.13. The molecule has 0 N–H and O–H groups in total. The first kappa shape index (κ1) is 16.3. The van der Waals surface area contributed by atoms with Crippen molar-refractivity contribution in [3.05, 3.63) is 76.7 Å². The smallest absolute Gasteiger partial charge is 0.250 e. The Balaban J connectivity index is 2.08. The molecule has 0 unspecified atom stereocenters. The van der Waals surface area contributed by atoms with E-state index in [1.807, 2.05) is 0 Å². The van der Waals surface area contributed by atoms with Crippen LogP contribution in [0.5, 0.6) is 11.5 Å². The quantitative estimate of drug-likeness (QED) is 0.713. The minimum absolute atomic E-state index is 0.0885. The Bertz CT molecular complexity index is 969. The number of pyridine rings is 1. The SMILES string of the molecule is Cn1cc(-c2cc(S)ccc2Oc2ccc(F)cc2F)ccc1=O. The first-order valence-corrected chi connectivity index (χ1v) is 7.52. The molecule has 122 valence electrons. The van der Waals surface area contributed by atoms with Gasteiger partial charge in [0.15, 0.2) is 11.6 Å². The summed E-state index contributed by atoms with van der Waals surface area (Å²) in [7, 11) is 1.64. The predicted molar refractivity (Wildman–Crippen MR) is 90.8 cm³/mol. The van der Waals surface area contributed by atoms with Gasteiger partial charge in [0, 0.05) is 41.4 Å². The molecule has 0 aliphatic carbocycles. The van der Waals surface area contributed by atoms with Crippen molar-refractivity contribution in [2.24, 2.45) is 7.05 Å². The molecule has 1 aromatic heterocycles. The molecule has 0 saturated carbocycles. The second kappa shape index (κ2) is 6.49. The molecule has 0 spiro atoms. The van der Waals surface area contributed by atoms with Crippen LogP contribution >= 0.6 is 12.6 Å². The lowest BCUT2D eigenvalue weighted by Crippen LogP contribution is -2.14. The highest BCUT2D eigenvalue weighted by Gasteiger charge is 2.12. The Kier molecular flexibility index (Phi) is 4.40. The molecule has 6 heteroatoms. The van der Waals surface area contributed by atoms with Gasteiger partial charge in [-0.2, -0.15) is 0 Å². The lowest BCUT2D eigenvalue weighted by molar-refractivity contribution is 0.438. The summed E-state index contributed by atoms with van der Waals surface area (Å²) >= 11 is 4.31. The fourth-order valence-corrected chi connectivity index (χ4v) is 2.47. The first-order chi connectivity index (χ1) is 11.4. The largest absolute Gasteiger partial charge is 0.454 e. The maximum atomic E-state index is 13.8. The summed E-state index contributed by atoms with van der Waals surface area (Å²) in [6, 6.07) is 11.3. The molecular formula is C18H13F2NO2S. The van der Waals surface area contributed by atoms with Crippen LogP contribution < -0.4 is 10.3 Å². The highest BCUT2D eigenvalue weighted by Crippen LogP contribution is 2.35. The zero-order valence-electron chi connectivity index (χ0n) is 12.7. The van der Waals surface area contributed by atoms with Gasteiger partial charge in [0.05, 0.1) is 0 Å². The monoisotopic (exact) mass is 345 g/mol. The number of ether oxygens (including phenoxy) is 1. The number of halogens is 2. The van der Waals surface area contributed by atoms with Gasteiger partial charge in [0.1, 0.15) is 11.6 Å². The molecule has 24 heavy (non-hydrogen) atoms. The average Bonchev–Trinajstić information content (AvgIpc) is 2.54. The summed E-state index contributed by atoms with van der Waals surface area (Å²) in [5.41, 5.74) is 1.21. The van der Waals surface area contributed by atoms with Crippen molar-refractivity contribution in [2.45, 2.75) is 4.90 Å². The topological polar surface area (TPSA) is 31.2 Å². The van der Waals surface area contributed by atoms with Crippen LogP contribution in [0.15, 0.2) is 64.4 Å². The highest BCUT2D eigenvalue weighted by molar-refractivity contribution is 7.80. The number of nitrogens with zero attached hydrogens (tertiary/aromatic N) is 1. The van der Waals surface area contributed by atoms with E-state index in [4.69, 9.17) is 4.74 Å². The average molecular weight is 345 g/mol. The van der Waals surface area contributed by atoms with Gasteiger partial charge in [-0.15, -0.1) is 12.6 Å². The van der Waals surface area contributed by atoms with Gasteiger partial charge in [-0.3, -0.25) is 4.79 Å². The summed E-state index contributed by atoms with van der Waals surface area (Å²) in [6.45, 7) is 0. The molecule has 3 nitrogen and oxygen atoms in total. The zero-order valence-corrected chi connectivity index (χ0v) is 13.6. The third-order valence-electron chi connectivity index (χ3n) is 3.47. The minimum atomic E-state index is -0.795. The Morgan fingerprint density at radius 2 is 1.75 bits per heavy atom. The molecule has 0 aliphatic heterocycles. The van der Waals surface area contributed by atoms with E-state index in [1.54, 1.807) is 37.5 Å². The fourth-order valence-electron chi connectivity index (χ4n) is 2.26.